The van der Waals surface area contributed by atoms with Crippen molar-refractivity contribution in [1.29, 1.82) is 0 Å². The minimum absolute atomic E-state index is 0.625. The standard InChI is InChI=1S/C18H29N3/c1-5-13-19-16(14(2)3)10-8-11-17-15-9-6-7-12-18(15)21(4)20-17/h6-7,9,12,14,16,19H,5,8,10-11,13H2,1-4H3. The van der Waals surface area contributed by atoms with Crippen LogP contribution in [0.5, 0.6) is 0 Å². The largest absolute Gasteiger partial charge is 0.314 e. The maximum absolute atomic E-state index is 4.69. The van der Waals surface area contributed by atoms with E-state index in [1.54, 1.807) is 0 Å². The van der Waals surface area contributed by atoms with Crippen molar-refractivity contribution in [2.75, 3.05) is 6.54 Å². The van der Waals surface area contributed by atoms with Gasteiger partial charge in [0.05, 0.1) is 11.2 Å². The lowest BCUT2D eigenvalue weighted by atomic mass is 9.97. The molecule has 0 radical (unpaired) electrons. The van der Waals surface area contributed by atoms with E-state index >= 15 is 0 Å². The first-order valence-electron chi connectivity index (χ1n) is 8.27. The van der Waals surface area contributed by atoms with E-state index in [0.29, 0.717) is 12.0 Å². The zero-order chi connectivity index (χ0) is 15.2. The predicted octanol–water partition coefficient (Wildman–Crippen LogP) is 3.92. The normalized spacial score (nSPS) is 13.2. The summed E-state index contributed by atoms with van der Waals surface area (Å²) in [6.45, 7) is 7.97. The van der Waals surface area contributed by atoms with E-state index in [4.69, 9.17) is 0 Å². The first kappa shape index (κ1) is 16.0. The molecule has 2 aromatic rings. The Balaban J connectivity index is 1.95. The molecule has 0 aliphatic heterocycles. The highest BCUT2D eigenvalue weighted by atomic mass is 15.3. The molecule has 0 saturated carbocycles. The maximum atomic E-state index is 4.69. The van der Waals surface area contributed by atoms with Crippen LogP contribution in [0.3, 0.4) is 0 Å². The highest BCUT2D eigenvalue weighted by Crippen LogP contribution is 2.20. The minimum atomic E-state index is 0.625. The van der Waals surface area contributed by atoms with Gasteiger partial charge in [-0.15, -0.1) is 0 Å². The fraction of sp³-hybridized carbons (Fsp3) is 0.611. The summed E-state index contributed by atoms with van der Waals surface area (Å²) in [5.41, 5.74) is 2.48. The lowest BCUT2D eigenvalue weighted by Gasteiger charge is -2.22. The van der Waals surface area contributed by atoms with E-state index in [2.05, 4.69) is 55.5 Å². The summed E-state index contributed by atoms with van der Waals surface area (Å²) in [5, 5.41) is 9.67. The Labute approximate surface area is 128 Å². The number of rotatable bonds is 8. The van der Waals surface area contributed by atoms with Gasteiger partial charge in [-0.1, -0.05) is 39.0 Å². The van der Waals surface area contributed by atoms with Crippen molar-refractivity contribution in [3.8, 4) is 0 Å². The quantitative estimate of drug-likeness (QED) is 0.797. The first-order chi connectivity index (χ1) is 10.1. The highest BCUT2D eigenvalue weighted by molar-refractivity contribution is 5.81. The second-order valence-electron chi connectivity index (χ2n) is 6.28. The second-order valence-corrected chi connectivity index (χ2v) is 6.28. The number of aromatic nitrogens is 2. The molecule has 0 aliphatic carbocycles. The van der Waals surface area contributed by atoms with Gasteiger partial charge >= 0.3 is 0 Å². The molecule has 0 amide bonds. The number of benzene rings is 1. The molecule has 0 bridgehead atoms. The molecule has 0 fully saturated rings. The zero-order valence-electron chi connectivity index (χ0n) is 13.9. The van der Waals surface area contributed by atoms with E-state index in [0.717, 1.165) is 13.0 Å². The Bertz CT molecular complexity index is 557. The first-order valence-corrected chi connectivity index (χ1v) is 8.27. The third-order valence-electron chi connectivity index (χ3n) is 4.22. The smallest absolute Gasteiger partial charge is 0.0703 e. The van der Waals surface area contributed by atoms with E-state index in [-0.39, 0.29) is 0 Å². The van der Waals surface area contributed by atoms with Crippen LogP contribution in [0.2, 0.25) is 0 Å². The molecule has 1 atom stereocenters. The Kier molecular flexibility index (Phi) is 5.80. The highest BCUT2D eigenvalue weighted by Gasteiger charge is 2.13. The molecule has 1 N–H and O–H groups in total. The van der Waals surface area contributed by atoms with E-state index in [1.165, 1.54) is 35.9 Å². The van der Waals surface area contributed by atoms with Crippen LogP contribution >= 0.6 is 0 Å². The molecule has 1 unspecified atom stereocenters. The van der Waals surface area contributed by atoms with Gasteiger partial charge in [0.1, 0.15) is 0 Å². The van der Waals surface area contributed by atoms with Crippen molar-refractivity contribution in [2.45, 2.75) is 52.5 Å². The number of nitrogens with one attached hydrogen (secondary N) is 1. The van der Waals surface area contributed by atoms with Crippen molar-refractivity contribution in [3.05, 3.63) is 30.0 Å². The Morgan fingerprint density at radius 3 is 2.71 bits per heavy atom. The number of aryl methyl sites for hydroxylation is 2. The third kappa shape index (κ3) is 4.07. The zero-order valence-corrected chi connectivity index (χ0v) is 13.9. The fourth-order valence-electron chi connectivity index (χ4n) is 2.96. The molecule has 3 nitrogen and oxygen atoms in total. The molecule has 2 rings (SSSR count). The predicted molar refractivity (Wildman–Crippen MR) is 90.6 cm³/mol. The molecule has 1 aromatic heterocycles. The van der Waals surface area contributed by atoms with Crippen molar-refractivity contribution in [1.82, 2.24) is 15.1 Å². The number of nitrogens with zero attached hydrogens (tertiary/aromatic N) is 2. The van der Waals surface area contributed by atoms with Crippen molar-refractivity contribution >= 4 is 10.9 Å². The van der Waals surface area contributed by atoms with Crippen LogP contribution in [-0.2, 0) is 13.5 Å². The summed E-state index contributed by atoms with van der Waals surface area (Å²) in [4.78, 5) is 0. The monoisotopic (exact) mass is 287 g/mol. The topological polar surface area (TPSA) is 29.9 Å². The SMILES string of the molecule is CCCNC(CCCc1nn(C)c2ccccc12)C(C)C. The van der Waals surface area contributed by atoms with Crippen LogP contribution in [0.25, 0.3) is 10.9 Å². The Morgan fingerprint density at radius 2 is 2.00 bits per heavy atom. The molecule has 0 spiro atoms. The van der Waals surface area contributed by atoms with Gasteiger partial charge in [0, 0.05) is 18.5 Å². The number of para-hydroxylation sites is 1. The van der Waals surface area contributed by atoms with Crippen LogP contribution in [0.4, 0.5) is 0 Å². The van der Waals surface area contributed by atoms with Crippen LogP contribution in [0.15, 0.2) is 24.3 Å². The molecular weight excluding hydrogens is 258 g/mol. The summed E-state index contributed by atoms with van der Waals surface area (Å²) in [6.07, 6.45) is 4.69. The van der Waals surface area contributed by atoms with Gasteiger partial charge in [-0.25, -0.2) is 0 Å². The second kappa shape index (κ2) is 7.60. The average Bonchev–Trinajstić information content (AvgIpc) is 2.79. The summed E-state index contributed by atoms with van der Waals surface area (Å²) in [5.74, 6) is 0.692. The average molecular weight is 287 g/mol. The Morgan fingerprint density at radius 1 is 1.24 bits per heavy atom. The maximum Gasteiger partial charge on any atom is 0.0703 e. The van der Waals surface area contributed by atoms with Crippen LogP contribution in [0, 0.1) is 5.92 Å². The van der Waals surface area contributed by atoms with Gasteiger partial charge in [-0.3, -0.25) is 4.68 Å². The van der Waals surface area contributed by atoms with Crippen molar-refractivity contribution in [3.63, 3.8) is 0 Å². The molecule has 1 aromatic carbocycles. The lowest BCUT2D eigenvalue weighted by molar-refractivity contribution is 0.370. The molecule has 0 aliphatic rings. The van der Waals surface area contributed by atoms with Gasteiger partial charge in [-0.2, -0.15) is 5.10 Å². The van der Waals surface area contributed by atoms with Crippen LogP contribution in [-0.4, -0.2) is 22.4 Å². The molecule has 21 heavy (non-hydrogen) atoms. The summed E-state index contributed by atoms with van der Waals surface area (Å²) in [6, 6.07) is 9.14. The molecule has 116 valence electrons. The van der Waals surface area contributed by atoms with Crippen molar-refractivity contribution in [2.24, 2.45) is 13.0 Å². The Hall–Kier alpha value is -1.35. The van der Waals surface area contributed by atoms with Gasteiger partial charge in [0.15, 0.2) is 0 Å². The van der Waals surface area contributed by atoms with E-state index < -0.39 is 0 Å². The van der Waals surface area contributed by atoms with Crippen LogP contribution in [0.1, 0.15) is 45.7 Å². The number of fused-ring (bicyclic) bond motifs is 1. The van der Waals surface area contributed by atoms with Crippen molar-refractivity contribution < 1.29 is 0 Å². The molecule has 3 heteroatoms. The van der Waals surface area contributed by atoms with E-state index in [9.17, 15) is 0 Å². The number of hydrogen-bond acceptors (Lipinski definition) is 2. The van der Waals surface area contributed by atoms with Gasteiger partial charge in [0.2, 0.25) is 0 Å². The summed E-state index contributed by atoms with van der Waals surface area (Å²) < 4.78 is 2.00. The minimum Gasteiger partial charge on any atom is -0.314 e. The lowest BCUT2D eigenvalue weighted by Crippen LogP contribution is -2.34. The van der Waals surface area contributed by atoms with Gasteiger partial charge in [-0.05, 0) is 44.2 Å². The third-order valence-corrected chi connectivity index (χ3v) is 4.22. The molecule has 1 heterocycles. The molecule has 0 saturated heterocycles. The van der Waals surface area contributed by atoms with Crippen LogP contribution < -0.4 is 5.32 Å². The summed E-state index contributed by atoms with van der Waals surface area (Å²) in [7, 11) is 2.03. The summed E-state index contributed by atoms with van der Waals surface area (Å²) >= 11 is 0. The van der Waals surface area contributed by atoms with Gasteiger partial charge < -0.3 is 5.32 Å². The van der Waals surface area contributed by atoms with E-state index in [1.807, 2.05) is 11.7 Å². The fourth-order valence-corrected chi connectivity index (χ4v) is 2.96. The molecular formula is C18H29N3. The number of hydrogen-bond donors (Lipinski definition) is 1. The van der Waals surface area contributed by atoms with Gasteiger partial charge in [0.25, 0.3) is 0 Å².